The molecular formula is C15H14FNO2. The van der Waals surface area contributed by atoms with E-state index >= 15 is 0 Å². The van der Waals surface area contributed by atoms with Gasteiger partial charge in [-0.15, -0.1) is 0 Å². The molecule has 0 unspecified atom stereocenters. The van der Waals surface area contributed by atoms with E-state index in [0.29, 0.717) is 16.8 Å². The maximum absolute atomic E-state index is 12.5. The van der Waals surface area contributed by atoms with Crippen LogP contribution in [0.5, 0.6) is 5.75 Å². The van der Waals surface area contributed by atoms with Gasteiger partial charge in [0.1, 0.15) is 12.4 Å². The zero-order valence-corrected chi connectivity index (χ0v) is 10.5. The SMILES string of the molecule is COc1ccc(NC(=O)c2cccc(CF)c2)cc1. The third-order valence-electron chi connectivity index (χ3n) is 2.69. The van der Waals surface area contributed by atoms with Crippen molar-refractivity contribution in [2.24, 2.45) is 0 Å². The number of carbonyl (C=O) groups is 1. The van der Waals surface area contributed by atoms with E-state index in [1.807, 2.05) is 0 Å². The van der Waals surface area contributed by atoms with Gasteiger partial charge >= 0.3 is 0 Å². The Morgan fingerprint density at radius 2 is 1.95 bits per heavy atom. The number of amides is 1. The van der Waals surface area contributed by atoms with Gasteiger partial charge in [0.15, 0.2) is 0 Å². The number of hydrogen-bond donors (Lipinski definition) is 1. The minimum Gasteiger partial charge on any atom is -0.497 e. The number of halogens is 1. The average Bonchev–Trinajstić information content (AvgIpc) is 2.48. The quantitative estimate of drug-likeness (QED) is 0.913. The van der Waals surface area contributed by atoms with E-state index in [4.69, 9.17) is 4.74 Å². The molecule has 4 heteroatoms. The first-order chi connectivity index (χ1) is 9.22. The Bertz CT molecular complexity index is 567. The fraction of sp³-hybridized carbons (Fsp3) is 0.133. The highest BCUT2D eigenvalue weighted by Crippen LogP contribution is 2.16. The molecule has 0 aliphatic rings. The van der Waals surface area contributed by atoms with Gasteiger partial charge in [0, 0.05) is 11.3 Å². The Morgan fingerprint density at radius 1 is 1.21 bits per heavy atom. The summed E-state index contributed by atoms with van der Waals surface area (Å²) in [6.07, 6.45) is 0. The molecule has 0 saturated carbocycles. The molecular weight excluding hydrogens is 245 g/mol. The van der Waals surface area contributed by atoms with Crippen molar-refractivity contribution in [3.05, 3.63) is 59.7 Å². The topological polar surface area (TPSA) is 38.3 Å². The first-order valence-electron chi connectivity index (χ1n) is 5.83. The normalized spacial score (nSPS) is 10.0. The molecule has 0 spiro atoms. The van der Waals surface area contributed by atoms with E-state index in [0.717, 1.165) is 5.75 Å². The van der Waals surface area contributed by atoms with Crippen LogP contribution in [0.2, 0.25) is 0 Å². The van der Waals surface area contributed by atoms with Gasteiger partial charge in [-0.25, -0.2) is 4.39 Å². The summed E-state index contributed by atoms with van der Waals surface area (Å²) in [6.45, 7) is -0.580. The van der Waals surface area contributed by atoms with Crippen LogP contribution in [-0.2, 0) is 6.67 Å². The molecule has 2 aromatic carbocycles. The number of alkyl halides is 1. The van der Waals surface area contributed by atoms with E-state index in [-0.39, 0.29) is 5.91 Å². The summed E-state index contributed by atoms with van der Waals surface area (Å²) in [4.78, 5) is 12.0. The first-order valence-corrected chi connectivity index (χ1v) is 5.83. The van der Waals surface area contributed by atoms with Gasteiger partial charge < -0.3 is 10.1 Å². The van der Waals surface area contributed by atoms with Gasteiger partial charge in [-0.05, 0) is 42.0 Å². The molecule has 0 saturated heterocycles. The molecule has 1 amide bonds. The maximum Gasteiger partial charge on any atom is 0.255 e. The van der Waals surface area contributed by atoms with Crippen LogP contribution in [0, 0.1) is 0 Å². The molecule has 1 N–H and O–H groups in total. The summed E-state index contributed by atoms with van der Waals surface area (Å²) in [5, 5.41) is 2.74. The van der Waals surface area contributed by atoms with Crippen LogP contribution >= 0.6 is 0 Å². The number of anilines is 1. The fourth-order valence-corrected chi connectivity index (χ4v) is 1.67. The van der Waals surface area contributed by atoms with Gasteiger partial charge in [-0.2, -0.15) is 0 Å². The smallest absolute Gasteiger partial charge is 0.255 e. The predicted molar refractivity (Wildman–Crippen MR) is 72.2 cm³/mol. The van der Waals surface area contributed by atoms with E-state index in [1.165, 1.54) is 0 Å². The molecule has 0 aliphatic heterocycles. The third-order valence-corrected chi connectivity index (χ3v) is 2.69. The summed E-state index contributed by atoms with van der Waals surface area (Å²) in [6, 6.07) is 13.5. The van der Waals surface area contributed by atoms with Crippen molar-refractivity contribution in [2.45, 2.75) is 6.67 Å². The van der Waals surface area contributed by atoms with Crippen LogP contribution < -0.4 is 10.1 Å². The second-order valence-corrected chi connectivity index (χ2v) is 4.02. The average molecular weight is 259 g/mol. The molecule has 0 bridgehead atoms. The Morgan fingerprint density at radius 3 is 2.58 bits per heavy atom. The standard InChI is InChI=1S/C15H14FNO2/c1-19-14-7-5-13(6-8-14)17-15(18)12-4-2-3-11(9-12)10-16/h2-9H,10H2,1H3,(H,17,18). The molecule has 3 nitrogen and oxygen atoms in total. The van der Waals surface area contributed by atoms with Crippen LogP contribution in [0.25, 0.3) is 0 Å². The molecule has 0 heterocycles. The van der Waals surface area contributed by atoms with Crippen LogP contribution in [0.15, 0.2) is 48.5 Å². The lowest BCUT2D eigenvalue weighted by Gasteiger charge is -2.07. The lowest BCUT2D eigenvalue weighted by Crippen LogP contribution is -2.11. The number of carbonyl (C=O) groups excluding carboxylic acids is 1. The number of rotatable bonds is 4. The van der Waals surface area contributed by atoms with E-state index in [9.17, 15) is 9.18 Å². The molecule has 0 aliphatic carbocycles. The molecule has 19 heavy (non-hydrogen) atoms. The van der Waals surface area contributed by atoms with Gasteiger partial charge in [-0.3, -0.25) is 4.79 Å². The Hall–Kier alpha value is -2.36. The van der Waals surface area contributed by atoms with Crippen molar-refractivity contribution in [1.82, 2.24) is 0 Å². The summed E-state index contributed by atoms with van der Waals surface area (Å²) in [7, 11) is 1.58. The first kappa shape index (κ1) is 13.1. The van der Waals surface area contributed by atoms with Crippen molar-refractivity contribution >= 4 is 11.6 Å². The highest BCUT2D eigenvalue weighted by molar-refractivity contribution is 6.04. The highest BCUT2D eigenvalue weighted by Gasteiger charge is 2.06. The second-order valence-electron chi connectivity index (χ2n) is 4.02. The minimum absolute atomic E-state index is 0.263. The van der Waals surface area contributed by atoms with Crippen LogP contribution in [-0.4, -0.2) is 13.0 Å². The molecule has 98 valence electrons. The molecule has 0 fully saturated rings. The zero-order valence-electron chi connectivity index (χ0n) is 10.5. The summed E-state index contributed by atoms with van der Waals surface area (Å²) in [5.74, 6) is 0.456. The zero-order chi connectivity index (χ0) is 13.7. The van der Waals surface area contributed by atoms with Gasteiger partial charge in [0.2, 0.25) is 0 Å². The summed E-state index contributed by atoms with van der Waals surface area (Å²) in [5.41, 5.74) is 1.59. The molecule has 2 aromatic rings. The van der Waals surface area contributed by atoms with Gasteiger partial charge in [0.25, 0.3) is 5.91 Å². The van der Waals surface area contributed by atoms with E-state index in [2.05, 4.69) is 5.32 Å². The van der Waals surface area contributed by atoms with Crippen molar-refractivity contribution in [3.63, 3.8) is 0 Å². The second kappa shape index (κ2) is 6.00. The highest BCUT2D eigenvalue weighted by atomic mass is 19.1. The number of methoxy groups -OCH3 is 1. The monoisotopic (exact) mass is 259 g/mol. The van der Waals surface area contributed by atoms with Crippen LogP contribution in [0.1, 0.15) is 15.9 Å². The van der Waals surface area contributed by atoms with Gasteiger partial charge in [0.05, 0.1) is 7.11 Å². The third kappa shape index (κ3) is 3.31. The van der Waals surface area contributed by atoms with Crippen molar-refractivity contribution in [1.29, 1.82) is 0 Å². The van der Waals surface area contributed by atoms with Crippen molar-refractivity contribution in [3.8, 4) is 5.75 Å². The fourth-order valence-electron chi connectivity index (χ4n) is 1.67. The van der Waals surface area contributed by atoms with Crippen molar-refractivity contribution < 1.29 is 13.9 Å². The Kier molecular flexibility index (Phi) is 4.13. The van der Waals surface area contributed by atoms with E-state index in [1.54, 1.807) is 55.6 Å². The number of hydrogen-bond acceptors (Lipinski definition) is 2. The molecule has 2 rings (SSSR count). The number of ether oxygens (including phenoxy) is 1. The lowest BCUT2D eigenvalue weighted by atomic mass is 10.1. The Balaban J connectivity index is 2.11. The summed E-state index contributed by atoms with van der Waals surface area (Å²) < 4.78 is 17.6. The summed E-state index contributed by atoms with van der Waals surface area (Å²) >= 11 is 0. The largest absolute Gasteiger partial charge is 0.497 e. The minimum atomic E-state index is -0.580. The maximum atomic E-state index is 12.5. The molecule has 0 radical (unpaired) electrons. The molecule has 0 aromatic heterocycles. The van der Waals surface area contributed by atoms with Crippen LogP contribution in [0.3, 0.4) is 0 Å². The lowest BCUT2D eigenvalue weighted by molar-refractivity contribution is 0.102. The number of benzene rings is 2. The molecule has 0 atom stereocenters. The van der Waals surface area contributed by atoms with Crippen LogP contribution in [0.4, 0.5) is 10.1 Å². The predicted octanol–water partition coefficient (Wildman–Crippen LogP) is 3.42. The number of nitrogens with one attached hydrogen (secondary N) is 1. The van der Waals surface area contributed by atoms with Crippen molar-refractivity contribution in [2.75, 3.05) is 12.4 Å². The Labute approximate surface area is 111 Å². The van der Waals surface area contributed by atoms with E-state index < -0.39 is 6.67 Å². The van der Waals surface area contributed by atoms with Gasteiger partial charge in [-0.1, -0.05) is 12.1 Å².